The Bertz CT molecular complexity index is 741. The molecule has 0 bridgehead atoms. The molecule has 1 fully saturated rings. The van der Waals surface area contributed by atoms with Crippen LogP contribution >= 0.6 is 11.3 Å². The monoisotopic (exact) mass is 440 g/mol. The van der Waals surface area contributed by atoms with Crippen LogP contribution in [0.5, 0.6) is 0 Å². The molecule has 4 amide bonds. The number of carbonyl (C=O) groups excluding carboxylic acids is 4. The number of methoxy groups -OCH3 is 2. The number of likely N-dealkylation sites (tertiary alicyclic amines) is 1. The standard InChI is InChI=1S/C19H28N4O6S/c1-28-10-16(24)21-12-5-6-23(17(25)11-29-2)15(8-12)19(27)22-14(18(20)26)9-13-4-3-7-30-13/h3-4,7,12,14-15H,5-6,8-11H2,1-2H3,(H2,20,26)(H,21,24)(H,22,27)/t12-,14-,15-/m0/s1. The number of hydrogen-bond acceptors (Lipinski definition) is 7. The number of hydrogen-bond donors (Lipinski definition) is 3. The Morgan fingerprint density at radius 1 is 1.27 bits per heavy atom. The molecule has 3 atom stereocenters. The molecule has 1 aliphatic rings. The zero-order chi connectivity index (χ0) is 22.1. The van der Waals surface area contributed by atoms with Gasteiger partial charge in [0.15, 0.2) is 0 Å². The summed E-state index contributed by atoms with van der Waals surface area (Å²) in [4.78, 5) is 51.5. The van der Waals surface area contributed by atoms with Crippen molar-refractivity contribution in [3.63, 3.8) is 0 Å². The number of ether oxygens (including phenoxy) is 2. The minimum Gasteiger partial charge on any atom is -0.375 e. The molecule has 0 unspecified atom stereocenters. The first-order valence-corrected chi connectivity index (χ1v) is 10.4. The Morgan fingerprint density at radius 3 is 2.60 bits per heavy atom. The number of nitrogens with zero attached hydrogens (tertiary/aromatic N) is 1. The zero-order valence-electron chi connectivity index (χ0n) is 17.1. The molecule has 30 heavy (non-hydrogen) atoms. The maximum Gasteiger partial charge on any atom is 0.249 e. The van der Waals surface area contributed by atoms with Gasteiger partial charge in [-0.05, 0) is 24.3 Å². The lowest BCUT2D eigenvalue weighted by atomic mass is 9.95. The summed E-state index contributed by atoms with van der Waals surface area (Å²) >= 11 is 1.46. The Labute approximate surface area is 179 Å². The molecule has 0 saturated carbocycles. The van der Waals surface area contributed by atoms with Crippen molar-refractivity contribution < 1.29 is 28.7 Å². The molecule has 10 nitrogen and oxygen atoms in total. The summed E-state index contributed by atoms with van der Waals surface area (Å²) in [5, 5.41) is 7.35. The third kappa shape index (κ3) is 6.78. The van der Waals surface area contributed by atoms with Crippen molar-refractivity contribution in [3.05, 3.63) is 22.4 Å². The van der Waals surface area contributed by atoms with Crippen molar-refractivity contribution in [1.29, 1.82) is 0 Å². The van der Waals surface area contributed by atoms with E-state index in [1.807, 2.05) is 17.5 Å². The smallest absolute Gasteiger partial charge is 0.249 e. The highest BCUT2D eigenvalue weighted by atomic mass is 32.1. The van der Waals surface area contributed by atoms with Crippen molar-refractivity contribution in [2.24, 2.45) is 5.73 Å². The molecule has 1 aromatic heterocycles. The number of rotatable bonds is 10. The summed E-state index contributed by atoms with van der Waals surface area (Å²) in [5.74, 6) is -1.79. The van der Waals surface area contributed by atoms with Gasteiger partial charge in [-0.25, -0.2) is 0 Å². The predicted octanol–water partition coefficient (Wildman–Crippen LogP) is -0.971. The second-order valence-electron chi connectivity index (χ2n) is 7.00. The lowest BCUT2D eigenvalue weighted by molar-refractivity contribution is -0.146. The van der Waals surface area contributed by atoms with Crippen LogP contribution in [-0.2, 0) is 35.1 Å². The van der Waals surface area contributed by atoms with Crippen molar-refractivity contribution >= 4 is 35.0 Å². The van der Waals surface area contributed by atoms with Crippen LogP contribution in [0, 0.1) is 0 Å². The topological polar surface area (TPSA) is 140 Å². The lowest BCUT2D eigenvalue weighted by Crippen LogP contribution is -2.60. The summed E-state index contributed by atoms with van der Waals surface area (Å²) in [6, 6.07) is 1.63. The summed E-state index contributed by atoms with van der Waals surface area (Å²) in [6.45, 7) is 0.00748. The third-order valence-corrected chi connectivity index (χ3v) is 5.68. The Hall–Kier alpha value is -2.50. The van der Waals surface area contributed by atoms with Crippen LogP contribution in [0.2, 0.25) is 0 Å². The molecule has 166 valence electrons. The van der Waals surface area contributed by atoms with Crippen LogP contribution in [0.4, 0.5) is 0 Å². The normalized spacial score (nSPS) is 19.7. The first-order chi connectivity index (χ1) is 14.3. The van der Waals surface area contributed by atoms with E-state index in [-0.39, 0.29) is 50.5 Å². The predicted molar refractivity (Wildman–Crippen MR) is 110 cm³/mol. The molecule has 11 heteroatoms. The molecule has 1 aromatic rings. The Balaban J connectivity index is 2.12. The molecular weight excluding hydrogens is 412 g/mol. The number of piperidine rings is 1. The average Bonchev–Trinajstić information content (AvgIpc) is 3.20. The van der Waals surface area contributed by atoms with Gasteiger partial charge in [-0.15, -0.1) is 11.3 Å². The average molecular weight is 441 g/mol. The quantitative estimate of drug-likeness (QED) is 0.428. The lowest BCUT2D eigenvalue weighted by Gasteiger charge is -2.39. The first kappa shape index (κ1) is 23.8. The van der Waals surface area contributed by atoms with Gasteiger partial charge >= 0.3 is 0 Å². The fraction of sp³-hybridized carbons (Fsp3) is 0.579. The van der Waals surface area contributed by atoms with Gasteiger partial charge in [0.2, 0.25) is 23.6 Å². The highest BCUT2D eigenvalue weighted by Gasteiger charge is 2.37. The van der Waals surface area contributed by atoms with Crippen molar-refractivity contribution in [2.75, 3.05) is 34.0 Å². The zero-order valence-corrected chi connectivity index (χ0v) is 17.9. The van der Waals surface area contributed by atoms with Gasteiger partial charge in [0.1, 0.15) is 25.3 Å². The molecule has 0 spiro atoms. The van der Waals surface area contributed by atoms with Crippen LogP contribution < -0.4 is 16.4 Å². The molecule has 4 N–H and O–H groups in total. The van der Waals surface area contributed by atoms with E-state index in [2.05, 4.69) is 10.6 Å². The fourth-order valence-corrected chi connectivity index (χ4v) is 4.12. The van der Waals surface area contributed by atoms with Crippen molar-refractivity contribution in [3.8, 4) is 0 Å². The third-order valence-electron chi connectivity index (χ3n) is 4.78. The molecule has 2 rings (SSSR count). The van der Waals surface area contributed by atoms with E-state index in [1.54, 1.807) is 0 Å². The van der Waals surface area contributed by atoms with E-state index in [0.29, 0.717) is 6.42 Å². The van der Waals surface area contributed by atoms with Crippen molar-refractivity contribution in [1.82, 2.24) is 15.5 Å². The number of nitrogens with one attached hydrogen (secondary N) is 2. The second-order valence-corrected chi connectivity index (χ2v) is 8.04. The maximum atomic E-state index is 13.0. The van der Waals surface area contributed by atoms with Gasteiger partial charge in [0, 0.05) is 38.1 Å². The van der Waals surface area contributed by atoms with Crippen LogP contribution in [0.3, 0.4) is 0 Å². The van der Waals surface area contributed by atoms with E-state index < -0.39 is 23.9 Å². The second kappa shape index (κ2) is 11.6. The summed E-state index contributed by atoms with van der Waals surface area (Å²) < 4.78 is 9.73. The van der Waals surface area contributed by atoms with Crippen LogP contribution in [0.15, 0.2) is 17.5 Å². The van der Waals surface area contributed by atoms with E-state index in [4.69, 9.17) is 15.2 Å². The summed E-state index contributed by atoms with van der Waals surface area (Å²) in [7, 11) is 2.81. The van der Waals surface area contributed by atoms with E-state index >= 15 is 0 Å². The minimum atomic E-state index is -0.904. The van der Waals surface area contributed by atoms with E-state index in [0.717, 1.165) is 4.88 Å². The number of primary amides is 1. The number of amides is 4. The van der Waals surface area contributed by atoms with E-state index in [1.165, 1.54) is 30.5 Å². The first-order valence-electron chi connectivity index (χ1n) is 9.54. The van der Waals surface area contributed by atoms with Gasteiger partial charge in [-0.1, -0.05) is 6.07 Å². The number of thiophene rings is 1. The number of carbonyl (C=O) groups is 4. The molecule has 1 saturated heterocycles. The van der Waals surface area contributed by atoms with Crippen LogP contribution in [0.1, 0.15) is 17.7 Å². The van der Waals surface area contributed by atoms with Crippen molar-refractivity contribution in [2.45, 2.75) is 37.4 Å². The van der Waals surface area contributed by atoms with E-state index in [9.17, 15) is 19.2 Å². The van der Waals surface area contributed by atoms with Gasteiger partial charge in [-0.3, -0.25) is 19.2 Å². The Morgan fingerprint density at radius 2 is 2.00 bits per heavy atom. The molecule has 2 heterocycles. The van der Waals surface area contributed by atoms with Crippen LogP contribution in [-0.4, -0.2) is 80.6 Å². The van der Waals surface area contributed by atoms with Gasteiger partial charge < -0.3 is 30.7 Å². The number of nitrogens with two attached hydrogens (primary N) is 1. The van der Waals surface area contributed by atoms with Gasteiger partial charge in [-0.2, -0.15) is 0 Å². The molecule has 1 aliphatic heterocycles. The van der Waals surface area contributed by atoms with Gasteiger partial charge in [0.25, 0.3) is 0 Å². The molecular formula is C19H28N4O6S. The molecule has 0 radical (unpaired) electrons. The fourth-order valence-electron chi connectivity index (χ4n) is 3.37. The Kier molecular flexibility index (Phi) is 9.21. The SMILES string of the molecule is COCC(=O)N[C@H]1CCN(C(=O)COC)[C@H](C(=O)N[C@@H](Cc2cccs2)C(N)=O)C1. The summed E-state index contributed by atoms with van der Waals surface area (Å²) in [6.07, 6.45) is 0.968. The highest BCUT2D eigenvalue weighted by molar-refractivity contribution is 7.09. The molecule has 0 aromatic carbocycles. The van der Waals surface area contributed by atoms with Gasteiger partial charge in [0.05, 0.1) is 0 Å². The molecule has 0 aliphatic carbocycles. The largest absolute Gasteiger partial charge is 0.375 e. The highest BCUT2D eigenvalue weighted by Crippen LogP contribution is 2.19. The minimum absolute atomic E-state index is 0.0930. The summed E-state index contributed by atoms with van der Waals surface area (Å²) in [5.41, 5.74) is 5.48. The van der Waals surface area contributed by atoms with Crippen LogP contribution in [0.25, 0.3) is 0 Å². The maximum absolute atomic E-state index is 13.0.